The van der Waals surface area contributed by atoms with Crippen molar-refractivity contribution < 1.29 is 17.9 Å². The number of hydrogen-bond donors (Lipinski definition) is 0. The molecule has 0 spiro atoms. The maximum atomic E-state index is 14.1. The Morgan fingerprint density at radius 2 is 1.74 bits per heavy atom. The second-order valence-electron chi connectivity index (χ2n) is 7.16. The highest BCUT2D eigenvalue weighted by molar-refractivity contribution is 5.51. The fraction of sp³-hybridized carbons (Fsp3) is 0.391. The van der Waals surface area contributed by atoms with Crippen molar-refractivity contribution in [3.8, 4) is 5.75 Å². The van der Waals surface area contributed by atoms with Crippen LogP contribution in [-0.2, 0) is 6.42 Å². The fourth-order valence-corrected chi connectivity index (χ4v) is 3.83. The highest BCUT2D eigenvalue weighted by Gasteiger charge is 2.22. The molecule has 0 heterocycles. The van der Waals surface area contributed by atoms with Gasteiger partial charge in [0.1, 0.15) is 0 Å². The Bertz CT molecular complexity index is 821. The van der Waals surface area contributed by atoms with Crippen LogP contribution >= 0.6 is 0 Å². The van der Waals surface area contributed by atoms with E-state index in [-0.39, 0.29) is 11.6 Å². The number of aryl methyl sites for hydroxylation is 1. The van der Waals surface area contributed by atoms with Crippen LogP contribution in [0.15, 0.2) is 36.4 Å². The van der Waals surface area contributed by atoms with Gasteiger partial charge in [0, 0.05) is 5.56 Å². The minimum absolute atomic E-state index is 0.263. The number of allylic oxidation sites excluding steroid dienone is 1. The molecule has 1 fully saturated rings. The van der Waals surface area contributed by atoms with Crippen molar-refractivity contribution in [1.82, 2.24) is 0 Å². The first-order chi connectivity index (χ1) is 13.0. The first-order valence-corrected chi connectivity index (χ1v) is 9.52. The van der Waals surface area contributed by atoms with E-state index in [1.165, 1.54) is 7.11 Å². The van der Waals surface area contributed by atoms with Crippen molar-refractivity contribution in [1.29, 1.82) is 0 Å². The van der Waals surface area contributed by atoms with E-state index >= 15 is 0 Å². The number of benzene rings is 2. The van der Waals surface area contributed by atoms with Gasteiger partial charge in [-0.1, -0.05) is 37.3 Å². The lowest BCUT2D eigenvalue weighted by Crippen LogP contribution is -2.12. The maximum Gasteiger partial charge on any atom is 0.166 e. The first kappa shape index (κ1) is 19.5. The molecule has 0 radical (unpaired) electrons. The molecule has 2 aromatic rings. The summed E-state index contributed by atoms with van der Waals surface area (Å²) >= 11 is 0. The van der Waals surface area contributed by atoms with Gasteiger partial charge in [0.05, 0.1) is 7.11 Å². The van der Waals surface area contributed by atoms with Crippen molar-refractivity contribution in [3.63, 3.8) is 0 Å². The van der Waals surface area contributed by atoms with Crippen LogP contribution in [0.5, 0.6) is 5.75 Å². The third-order valence-corrected chi connectivity index (χ3v) is 5.54. The molecule has 0 aliphatic heterocycles. The van der Waals surface area contributed by atoms with E-state index in [0.717, 1.165) is 31.2 Å². The lowest BCUT2D eigenvalue weighted by atomic mass is 9.78. The summed E-state index contributed by atoms with van der Waals surface area (Å²) in [7, 11) is 1.46. The molecule has 0 amide bonds. The number of methoxy groups -OCH3 is 1. The number of ether oxygens (including phenoxy) is 1. The normalized spacial score (nSPS) is 20.2. The van der Waals surface area contributed by atoms with Crippen LogP contribution in [0.3, 0.4) is 0 Å². The van der Waals surface area contributed by atoms with Crippen molar-refractivity contribution in [3.05, 3.63) is 70.5 Å². The molecule has 4 heteroatoms. The maximum absolute atomic E-state index is 14.1. The molecule has 0 bridgehead atoms. The predicted octanol–water partition coefficient (Wildman–Crippen LogP) is 6.66. The van der Waals surface area contributed by atoms with Gasteiger partial charge < -0.3 is 4.74 Å². The largest absolute Gasteiger partial charge is 0.494 e. The Morgan fingerprint density at radius 3 is 2.37 bits per heavy atom. The molecular formula is C23H25F3O. The zero-order valence-corrected chi connectivity index (χ0v) is 15.8. The second kappa shape index (κ2) is 8.64. The van der Waals surface area contributed by atoms with Gasteiger partial charge in [-0.05, 0) is 67.2 Å². The molecule has 2 aromatic carbocycles. The van der Waals surface area contributed by atoms with Gasteiger partial charge in [0.2, 0.25) is 0 Å². The van der Waals surface area contributed by atoms with Crippen LogP contribution in [-0.4, -0.2) is 7.11 Å². The van der Waals surface area contributed by atoms with Gasteiger partial charge in [0.25, 0.3) is 0 Å². The molecule has 0 saturated heterocycles. The summed E-state index contributed by atoms with van der Waals surface area (Å²) in [6, 6.07) is 8.45. The van der Waals surface area contributed by atoms with Crippen LogP contribution in [0.4, 0.5) is 13.2 Å². The number of halogens is 3. The summed E-state index contributed by atoms with van der Waals surface area (Å²) in [6.07, 6.45) is 7.95. The summed E-state index contributed by atoms with van der Waals surface area (Å²) in [5, 5.41) is 0. The standard InChI is InChI=1S/C23H25F3O/c1-3-16-10-11-18(23(26)22(16)25)9-6-15-4-7-17(8-5-15)19-12-13-21(27-2)20(24)14-19/h6,9-15,17H,3-5,7-8H2,1-2H3/b9-6+. The topological polar surface area (TPSA) is 9.23 Å². The number of rotatable bonds is 5. The van der Waals surface area contributed by atoms with Crippen molar-refractivity contribution in [2.24, 2.45) is 5.92 Å². The monoisotopic (exact) mass is 374 g/mol. The summed E-state index contributed by atoms with van der Waals surface area (Å²) in [4.78, 5) is 0. The van der Waals surface area contributed by atoms with Gasteiger partial charge in [-0.25, -0.2) is 13.2 Å². The average molecular weight is 374 g/mol. The van der Waals surface area contributed by atoms with Crippen LogP contribution < -0.4 is 4.74 Å². The average Bonchev–Trinajstić information content (AvgIpc) is 2.69. The Kier molecular flexibility index (Phi) is 6.25. The Morgan fingerprint density at radius 1 is 1.00 bits per heavy atom. The van der Waals surface area contributed by atoms with E-state index in [2.05, 4.69) is 0 Å². The number of hydrogen-bond acceptors (Lipinski definition) is 1. The molecule has 0 unspecified atom stereocenters. The van der Waals surface area contributed by atoms with E-state index in [4.69, 9.17) is 4.74 Å². The fourth-order valence-electron chi connectivity index (χ4n) is 3.83. The van der Waals surface area contributed by atoms with Crippen LogP contribution in [0.25, 0.3) is 6.08 Å². The summed E-state index contributed by atoms with van der Waals surface area (Å²) in [6.45, 7) is 1.81. The second-order valence-corrected chi connectivity index (χ2v) is 7.16. The van der Waals surface area contributed by atoms with E-state index in [1.54, 1.807) is 37.3 Å². The molecule has 3 rings (SSSR count). The van der Waals surface area contributed by atoms with Crippen molar-refractivity contribution in [2.45, 2.75) is 44.9 Å². The van der Waals surface area contributed by atoms with E-state index in [1.807, 2.05) is 12.1 Å². The molecule has 0 atom stereocenters. The predicted molar refractivity (Wildman–Crippen MR) is 102 cm³/mol. The Balaban J connectivity index is 1.62. The molecule has 1 nitrogen and oxygen atoms in total. The lowest BCUT2D eigenvalue weighted by Gasteiger charge is -2.27. The molecule has 1 aliphatic rings. The summed E-state index contributed by atoms with van der Waals surface area (Å²) < 4.78 is 46.9. The molecule has 1 saturated carbocycles. The Labute approximate surface area is 158 Å². The van der Waals surface area contributed by atoms with Crippen LogP contribution in [0.2, 0.25) is 0 Å². The zero-order chi connectivity index (χ0) is 19.4. The molecular weight excluding hydrogens is 349 g/mol. The summed E-state index contributed by atoms with van der Waals surface area (Å²) in [5.41, 5.74) is 1.69. The molecule has 144 valence electrons. The third kappa shape index (κ3) is 4.37. The first-order valence-electron chi connectivity index (χ1n) is 9.52. The van der Waals surface area contributed by atoms with E-state index in [0.29, 0.717) is 29.4 Å². The SMILES string of the molecule is CCc1ccc(/C=C/C2CCC(c3ccc(OC)c(F)c3)CC2)c(F)c1F. The minimum atomic E-state index is -0.770. The van der Waals surface area contributed by atoms with Gasteiger partial charge in [-0.3, -0.25) is 0 Å². The van der Waals surface area contributed by atoms with Crippen molar-refractivity contribution in [2.75, 3.05) is 7.11 Å². The molecule has 27 heavy (non-hydrogen) atoms. The highest BCUT2D eigenvalue weighted by atomic mass is 19.2. The molecule has 0 N–H and O–H groups in total. The quantitative estimate of drug-likeness (QED) is 0.568. The van der Waals surface area contributed by atoms with Crippen LogP contribution in [0.1, 0.15) is 55.2 Å². The van der Waals surface area contributed by atoms with Gasteiger partial charge >= 0.3 is 0 Å². The Hall–Kier alpha value is -2.23. The van der Waals surface area contributed by atoms with Gasteiger partial charge in [-0.15, -0.1) is 0 Å². The van der Waals surface area contributed by atoms with E-state index in [9.17, 15) is 13.2 Å². The summed E-state index contributed by atoms with van der Waals surface area (Å²) in [5.74, 6) is -0.924. The molecule has 1 aliphatic carbocycles. The smallest absolute Gasteiger partial charge is 0.166 e. The third-order valence-electron chi connectivity index (χ3n) is 5.54. The van der Waals surface area contributed by atoms with Crippen molar-refractivity contribution >= 4 is 6.08 Å². The molecule has 0 aromatic heterocycles. The van der Waals surface area contributed by atoms with E-state index < -0.39 is 11.6 Å². The lowest BCUT2D eigenvalue weighted by molar-refractivity contribution is 0.370. The highest BCUT2D eigenvalue weighted by Crippen LogP contribution is 2.37. The zero-order valence-electron chi connectivity index (χ0n) is 15.8. The van der Waals surface area contributed by atoms with Gasteiger partial charge in [-0.2, -0.15) is 0 Å². The van der Waals surface area contributed by atoms with Gasteiger partial charge in [0.15, 0.2) is 23.2 Å². The minimum Gasteiger partial charge on any atom is -0.494 e. The van der Waals surface area contributed by atoms with Crippen LogP contribution in [0, 0.1) is 23.4 Å².